The van der Waals surface area contributed by atoms with E-state index in [1.54, 1.807) is 24.1 Å². The molecule has 1 aliphatic rings. The third-order valence-electron chi connectivity index (χ3n) is 6.14. The van der Waals surface area contributed by atoms with Crippen LogP contribution in [0.2, 0.25) is 10.0 Å². The predicted molar refractivity (Wildman–Crippen MR) is 127 cm³/mol. The van der Waals surface area contributed by atoms with E-state index in [-0.39, 0.29) is 37.6 Å². The van der Waals surface area contributed by atoms with Gasteiger partial charge in [0, 0.05) is 38.2 Å². The Morgan fingerprint density at radius 2 is 1.91 bits per heavy atom. The molecule has 35 heavy (non-hydrogen) atoms. The van der Waals surface area contributed by atoms with Crippen LogP contribution in [0.3, 0.4) is 0 Å². The van der Waals surface area contributed by atoms with Crippen molar-refractivity contribution >= 4 is 29.1 Å². The minimum absolute atomic E-state index is 0.0295. The van der Waals surface area contributed by atoms with Crippen LogP contribution < -0.4 is 5.32 Å². The lowest BCUT2D eigenvalue weighted by Gasteiger charge is -2.29. The summed E-state index contributed by atoms with van der Waals surface area (Å²) in [6.07, 6.45) is -4.22. The Hall–Kier alpha value is -1.91. The number of hydrogen-bond acceptors (Lipinski definition) is 4. The van der Waals surface area contributed by atoms with Crippen molar-refractivity contribution in [3.05, 3.63) is 69.0 Å². The predicted octanol–water partition coefficient (Wildman–Crippen LogP) is 4.55. The van der Waals surface area contributed by atoms with Gasteiger partial charge in [0.15, 0.2) is 0 Å². The molecule has 0 bridgehead atoms. The van der Waals surface area contributed by atoms with Gasteiger partial charge in [0.25, 0.3) is 0 Å². The molecule has 0 radical (unpaired) electrons. The number of aliphatic hydroxyl groups excluding tert-OH is 1. The molecule has 1 heterocycles. The van der Waals surface area contributed by atoms with Crippen LogP contribution in [0.4, 0.5) is 17.6 Å². The Kier molecular flexibility index (Phi) is 9.40. The number of amides is 1. The molecule has 1 saturated heterocycles. The zero-order valence-corrected chi connectivity index (χ0v) is 20.6. The highest BCUT2D eigenvalue weighted by Gasteiger charge is 2.39. The second-order valence-corrected chi connectivity index (χ2v) is 9.44. The van der Waals surface area contributed by atoms with Gasteiger partial charge >= 0.3 is 6.18 Å². The van der Waals surface area contributed by atoms with Crippen LogP contribution in [0, 0.1) is 5.82 Å². The summed E-state index contributed by atoms with van der Waals surface area (Å²) in [5, 5.41) is 12.7. The molecule has 0 spiro atoms. The van der Waals surface area contributed by atoms with Gasteiger partial charge in [-0.3, -0.25) is 9.69 Å². The highest BCUT2D eigenvalue weighted by molar-refractivity contribution is 6.42. The van der Waals surface area contributed by atoms with E-state index in [9.17, 15) is 22.4 Å². The average Bonchev–Trinajstić information content (AvgIpc) is 3.23. The second kappa shape index (κ2) is 11.9. The van der Waals surface area contributed by atoms with Gasteiger partial charge in [-0.2, -0.15) is 13.2 Å². The highest BCUT2D eigenvalue weighted by Crippen LogP contribution is 2.35. The Balaban J connectivity index is 1.79. The Bertz CT molecular complexity index is 1040. The SMILES string of the molecule is CN(Cc1ccc(C(F)(F)F)c(F)c1)[C@@H]1CN(C(=O)CNCCCO)C[C@@H]1c1ccc(Cl)c(Cl)c1. The summed E-state index contributed by atoms with van der Waals surface area (Å²) >= 11 is 12.3. The third kappa shape index (κ3) is 7.07. The van der Waals surface area contributed by atoms with E-state index in [4.69, 9.17) is 28.3 Å². The summed E-state index contributed by atoms with van der Waals surface area (Å²) in [5.41, 5.74) is -0.0383. The van der Waals surface area contributed by atoms with E-state index in [1.165, 1.54) is 6.07 Å². The van der Waals surface area contributed by atoms with E-state index < -0.39 is 17.6 Å². The van der Waals surface area contributed by atoms with Crippen molar-refractivity contribution in [3.8, 4) is 0 Å². The number of halogens is 6. The maximum absolute atomic E-state index is 14.1. The van der Waals surface area contributed by atoms with Gasteiger partial charge in [0.1, 0.15) is 5.82 Å². The topological polar surface area (TPSA) is 55.8 Å². The van der Waals surface area contributed by atoms with E-state index in [1.807, 2.05) is 11.0 Å². The van der Waals surface area contributed by atoms with Crippen LogP contribution in [0.15, 0.2) is 36.4 Å². The van der Waals surface area contributed by atoms with Crippen LogP contribution in [0.25, 0.3) is 0 Å². The van der Waals surface area contributed by atoms with E-state index in [0.717, 1.165) is 17.7 Å². The number of carbonyl (C=O) groups is 1. The smallest absolute Gasteiger partial charge is 0.396 e. The Labute approximate surface area is 211 Å². The molecular formula is C24H27Cl2F4N3O2. The molecule has 2 aromatic rings. The fourth-order valence-electron chi connectivity index (χ4n) is 4.31. The summed E-state index contributed by atoms with van der Waals surface area (Å²) in [6.45, 7) is 1.64. The third-order valence-corrected chi connectivity index (χ3v) is 6.88. The largest absolute Gasteiger partial charge is 0.419 e. The Morgan fingerprint density at radius 1 is 1.17 bits per heavy atom. The molecule has 11 heteroatoms. The van der Waals surface area contributed by atoms with Crippen molar-refractivity contribution in [2.75, 3.05) is 39.8 Å². The second-order valence-electron chi connectivity index (χ2n) is 8.63. The number of nitrogens with zero attached hydrogens (tertiary/aromatic N) is 2. The first-order chi connectivity index (χ1) is 16.5. The molecule has 3 rings (SSSR count). The number of hydrogen-bond donors (Lipinski definition) is 2. The van der Waals surface area contributed by atoms with Gasteiger partial charge in [0.2, 0.25) is 5.91 Å². The maximum atomic E-state index is 14.1. The molecule has 2 aromatic carbocycles. The number of likely N-dealkylation sites (N-methyl/N-ethyl adjacent to an activating group) is 1. The molecule has 2 N–H and O–H groups in total. The zero-order chi connectivity index (χ0) is 25.8. The normalized spacial score (nSPS) is 18.5. The number of likely N-dealkylation sites (tertiary alicyclic amines) is 1. The quantitative estimate of drug-likeness (QED) is 0.365. The standard InChI is InChI=1S/C24H27Cl2F4N3O2/c1-32(12-15-3-5-18(21(27)9-15)24(28,29)30)22-14-33(23(35)11-31-7-2-8-34)13-17(22)16-4-6-19(25)20(26)10-16/h3-6,9-10,17,22,31,34H,2,7-8,11-14H2,1H3/t17-,22-/m1/s1. The molecular weight excluding hydrogens is 509 g/mol. The first-order valence-corrected chi connectivity index (χ1v) is 11.9. The van der Waals surface area contributed by atoms with E-state index in [0.29, 0.717) is 41.7 Å². The summed E-state index contributed by atoms with van der Waals surface area (Å²) < 4.78 is 52.8. The van der Waals surface area contributed by atoms with Crippen molar-refractivity contribution in [2.24, 2.45) is 0 Å². The molecule has 2 atom stereocenters. The summed E-state index contributed by atoms with van der Waals surface area (Å²) in [5.74, 6) is -1.57. The molecule has 0 saturated carbocycles. The van der Waals surface area contributed by atoms with Gasteiger partial charge in [-0.05, 0) is 55.4 Å². The summed E-state index contributed by atoms with van der Waals surface area (Å²) in [4.78, 5) is 16.4. The first kappa shape index (κ1) is 27.7. The van der Waals surface area contributed by atoms with E-state index >= 15 is 0 Å². The van der Waals surface area contributed by atoms with Crippen molar-refractivity contribution < 1.29 is 27.5 Å². The molecule has 0 unspecified atom stereocenters. The fourth-order valence-corrected chi connectivity index (χ4v) is 4.62. The minimum Gasteiger partial charge on any atom is -0.396 e. The molecule has 192 valence electrons. The number of rotatable bonds is 9. The van der Waals surface area contributed by atoms with Gasteiger partial charge in [-0.15, -0.1) is 0 Å². The molecule has 1 amide bonds. The molecule has 1 aliphatic heterocycles. The van der Waals surface area contributed by atoms with Crippen LogP contribution in [0.5, 0.6) is 0 Å². The lowest BCUT2D eigenvalue weighted by Crippen LogP contribution is -2.40. The number of benzene rings is 2. The van der Waals surface area contributed by atoms with Gasteiger partial charge in [-0.1, -0.05) is 35.3 Å². The zero-order valence-electron chi connectivity index (χ0n) is 19.1. The van der Waals surface area contributed by atoms with Gasteiger partial charge in [-0.25, -0.2) is 4.39 Å². The fraction of sp³-hybridized carbons (Fsp3) is 0.458. The summed E-state index contributed by atoms with van der Waals surface area (Å²) in [6, 6.07) is 7.99. The summed E-state index contributed by atoms with van der Waals surface area (Å²) in [7, 11) is 1.79. The van der Waals surface area contributed by atoms with Crippen molar-refractivity contribution in [1.29, 1.82) is 0 Å². The Morgan fingerprint density at radius 3 is 2.54 bits per heavy atom. The monoisotopic (exact) mass is 535 g/mol. The molecule has 1 fully saturated rings. The van der Waals surface area contributed by atoms with Gasteiger partial charge < -0.3 is 15.3 Å². The average molecular weight is 536 g/mol. The van der Waals surface area contributed by atoms with Crippen LogP contribution >= 0.6 is 23.2 Å². The lowest BCUT2D eigenvalue weighted by atomic mass is 9.93. The molecule has 0 aliphatic carbocycles. The number of alkyl halides is 3. The van der Waals surface area contributed by atoms with Crippen LogP contribution in [0.1, 0.15) is 29.0 Å². The minimum atomic E-state index is -4.76. The molecule has 5 nitrogen and oxygen atoms in total. The van der Waals surface area contributed by atoms with Crippen LogP contribution in [-0.2, 0) is 17.5 Å². The number of carbonyl (C=O) groups excluding carboxylic acids is 1. The van der Waals surface area contributed by atoms with Gasteiger partial charge in [0.05, 0.1) is 22.2 Å². The maximum Gasteiger partial charge on any atom is 0.419 e. The lowest BCUT2D eigenvalue weighted by molar-refractivity contribution is -0.140. The van der Waals surface area contributed by atoms with Crippen molar-refractivity contribution in [3.63, 3.8) is 0 Å². The first-order valence-electron chi connectivity index (χ1n) is 11.1. The van der Waals surface area contributed by atoms with Crippen molar-refractivity contribution in [2.45, 2.75) is 31.1 Å². The van der Waals surface area contributed by atoms with Crippen molar-refractivity contribution in [1.82, 2.24) is 15.1 Å². The molecule has 0 aromatic heterocycles. The van der Waals surface area contributed by atoms with Crippen LogP contribution in [-0.4, -0.2) is 66.7 Å². The van der Waals surface area contributed by atoms with E-state index in [2.05, 4.69) is 5.32 Å². The highest BCUT2D eigenvalue weighted by atomic mass is 35.5. The number of aliphatic hydroxyl groups is 1. The number of nitrogens with one attached hydrogen (secondary N) is 1.